The number of carbonyl (C=O) groups excluding carboxylic acids is 1. The number of piperidine rings is 1. The van der Waals surface area contributed by atoms with Crippen LogP contribution in [0, 0.1) is 0 Å². The summed E-state index contributed by atoms with van der Waals surface area (Å²) in [5, 5.41) is 0.476. The number of nitrogens with zero attached hydrogens (tertiary/aromatic N) is 1. The van der Waals surface area contributed by atoms with Crippen LogP contribution in [0.1, 0.15) is 30.1 Å². The van der Waals surface area contributed by atoms with Gasteiger partial charge in [-0.3, -0.25) is 4.79 Å². The van der Waals surface area contributed by atoms with E-state index in [1.54, 1.807) is 6.07 Å². The molecule has 2 atom stereocenters. The summed E-state index contributed by atoms with van der Waals surface area (Å²) in [6.45, 7) is 2.73. The number of amides is 1. The first-order chi connectivity index (χ1) is 8.50. The van der Waals surface area contributed by atoms with E-state index in [9.17, 15) is 4.79 Å². The fourth-order valence-corrected chi connectivity index (χ4v) is 2.91. The number of hydrogen-bond donors (Lipinski definition) is 1. The van der Waals surface area contributed by atoms with Crippen molar-refractivity contribution in [2.45, 2.75) is 31.8 Å². The number of likely N-dealkylation sites (tertiary alicyclic amines) is 1. The van der Waals surface area contributed by atoms with Crippen molar-refractivity contribution in [3.8, 4) is 0 Å². The quantitative estimate of drug-likeness (QED) is 0.859. The second-order valence-corrected chi connectivity index (χ2v) is 5.97. The van der Waals surface area contributed by atoms with Gasteiger partial charge in [0.05, 0.1) is 10.6 Å². The normalized spacial score (nSPS) is 24.1. The molecular weight excluding hydrogens is 316 g/mol. The van der Waals surface area contributed by atoms with E-state index in [1.807, 2.05) is 24.0 Å². The molecule has 1 aliphatic rings. The minimum atomic E-state index is -0.0132. The van der Waals surface area contributed by atoms with Crippen LogP contribution in [0.2, 0.25) is 5.02 Å². The lowest BCUT2D eigenvalue weighted by molar-refractivity contribution is 0.0619. The summed E-state index contributed by atoms with van der Waals surface area (Å²) < 4.78 is 0.747. The summed E-state index contributed by atoms with van der Waals surface area (Å²) in [6.07, 6.45) is 1.69. The van der Waals surface area contributed by atoms with Crippen molar-refractivity contribution in [2.24, 2.45) is 5.73 Å². The summed E-state index contributed by atoms with van der Waals surface area (Å²) in [6, 6.07) is 5.77. The van der Waals surface area contributed by atoms with Crippen molar-refractivity contribution < 1.29 is 4.79 Å². The molecule has 1 amide bonds. The molecule has 18 heavy (non-hydrogen) atoms. The predicted octanol–water partition coefficient (Wildman–Crippen LogP) is 3.05. The van der Waals surface area contributed by atoms with Gasteiger partial charge in [0.2, 0.25) is 0 Å². The molecule has 0 bridgehead atoms. The molecule has 0 aliphatic carbocycles. The molecular formula is C13H16BrClN2O. The maximum atomic E-state index is 12.5. The van der Waals surface area contributed by atoms with Crippen LogP contribution in [0.25, 0.3) is 0 Å². The minimum Gasteiger partial charge on any atom is -0.336 e. The zero-order valence-electron chi connectivity index (χ0n) is 10.2. The summed E-state index contributed by atoms with van der Waals surface area (Å²) in [5.74, 6) is -0.0132. The first-order valence-corrected chi connectivity index (χ1v) is 7.18. The first-order valence-electron chi connectivity index (χ1n) is 6.01. The highest BCUT2D eigenvalue weighted by molar-refractivity contribution is 9.10. The molecule has 0 saturated carbocycles. The number of rotatable bonds is 1. The number of hydrogen-bond acceptors (Lipinski definition) is 2. The van der Waals surface area contributed by atoms with Crippen molar-refractivity contribution in [2.75, 3.05) is 6.54 Å². The molecule has 1 aromatic carbocycles. The first kappa shape index (κ1) is 13.8. The van der Waals surface area contributed by atoms with Crippen molar-refractivity contribution in [1.82, 2.24) is 4.90 Å². The van der Waals surface area contributed by atoms with Crippen LogP contribution in [0.3, 0.4) is 0 Å². The molecule has 2 rings (SSSR count). The molecule has 1 saturated heterocycles. The SMILES string of the molecule is CC1CC(N)CCN1C(=O)c1cccc(Br)c1Cl. The molecule has 0 radical (unpaired) electrons. The van der Waals surface area contributed by atoms with Gasteiger partial charge in [0.1, 0.15) is 0 Å². The van der Waals surface area contributed by atoms with Crippen molar-refractivity contribution in [3.63, 3.8) is 0 Å². The van der Waals surface area contributed by atoms with E-state index in [0.29, 0.717) is 17.1 Å². The fraction of sp³-hybridized carbons (Fsp3) is 0.462. The fourth-order valence-electron chi connectivity index (χ4n) is 2.33. The molecule has 0 aromatic heterocycles. The number of nitrogens with two attached hydrogens (primary N) is 1. The van der Waals surface area contributed by atoms with E-state index in [0.717, 1.165) is 17.3 Å². The Morgan fingerprint density at radius 3 is 2.94 bits per heavy atom. The van der Waals surface area contributed by atoms with Gasteiger partial charge in [0.25, 0.3) is 5.91 Å². The van der Waals surface area contributed by atoms with Gasteiger partial charge in [-0.25, -0.2) is 0 Å². The number of benzene rings is 1. The highest BCUT2D eigenvalue weighted by Gasteiger charge is 2.28. The van der Waals surface area contributed by atoms with Crippen LogP contribution < -0.4 is 5.73 Å². The highest BCUT2D eigenvalue weighted by atomic mass is 79.9. The topological polar surface area (TPSA) is 46.3 Å². The summed E-state index contributed by atoms with van der Waals surface area (Å²) >= 11 is 9.50. The Hall–Kier alpha value is -0.580. The third kappa shape index (κ3) is 2.71. The maximum Gasteiger partial charge on any atom is 0.255 e. The van der Waals surface area contributed by atoms with E-state index in [1.165, 1.54) is 0 Å². The Kier molecular flexibility index (Phi) is 4.30. The zero-order valence-corrected chi connectivity index (χ0v) is 12.5. The van der Waals surface area contributed by atoms with E-state index < -0.39 is 0 Å². The molecule has 1 fully saturated rings. The molecule has 1 heterocycles. The van der Waals surface area contributed by atoms with Gasteiger partial charge in [-0.1, -0.05) is 17.7 Å². The van der Waals surface area contributed by atoms with Crippen molar-refractivity contribution >= 4 is 33.4 Å². The lowest BCUT2D eigenvalue weighted by Crippen LogP contribution is -2.48. The molecule has 2 unspecified atom stereocenters. The Bertz CT molecular complexity index is 466. The summed E-state index contributed by atoms with van der Waals surface area (Å²) in [4.78, 5) is 14.3. The molecule has 0 spiro atoms. The summed E-state index contributed by atoms with van der Waals surface area (Å²) in [7, 11) is 0. The largest absolute Gasteiger partial charge is 0.336 e. The molecule has 1 aliphatic heterocycles. The van der Waals surface area contributed by atoms with Crippen LogP contribution in [0.15, 0.2) is 22.7 Å². The van der Waals surface area contributed by atoms with Gasteiger partial charge in [-0.2, -0.15) is 0 Å². The van der Waals surface area contributed by atoms with Crippen LogP contribution in [-0.2, 0) is 0 Å². The lowest BCUT2D eigenvalue weighted by Gasteiger charge is -2.36. The third-order valence-electron chi connectivity index (χ3n) is 3.36. The van der Waals surface area contributed by atoms with E-state index in [-0.39, 0.29) is 18.0 Å². The van der Waals surface area contributed by atoms with Gasteiger partial charge in [0.15, 0.2) is 0 Å². The monoisotopic (exact) mass is 330 g/mol. The van der Waals surface area contributed by atoms with Crippen molar-refractivity contribution in [1.29, 1.82) is 0 Å². The van der Waals surface area contributed by atoms with Crippen LogP contribution in [0.4, 0.5) is 0 Å². The zero-order chi connectivity index (χ0) is 13.3. The average molecular weight is 332 g/mol. The molecule has 2 N–H and O–H groups in total. The lowest BCUT2D eigenvalue weighted by atomic mass is 9.98. The highest BCUT2D eigenvalue weighted by Crippen LogP contribution is 2.28. The van der Waals surface area contributed by atoms with E-state index in [4.69, 9.17) is 17.3 Å². The second kappa shape index (κ2) is 5.59. The van der Waals surface area contributed by atoms with E-state index >= 15 is 0 Å². The van der Waals surface area contributed by atoms with Crippen LogP contribution in [-0.4, -0.2) is 29.4 Å². The Morgan fingerprint density at radius 1 is 1.56 bits per heavy atom. The van der Waals surface area contributed by atoms with E-state index in [2.05, 4.69) is 15.9 Å². The Morgan fingerprint density at radius 2 is 2.28 bits per heavy atom. The average Bonchev–Trinajstić information content (AvgIpc) is 2.32. The third-order valence-corrected chi connectivity index (χ3v) is 4.66. The standard InChI is InChI=1S/C13H16BrClN2O/c1-8-7-9(16)5-6-17(8)13(18)10-3-2-4-11(14)12(10)15/h2-4,8-9H,5-7,16H2,1H3. The van der Waals surface area contributed by atoms with Gasteiger partial charge in [-0.15, -0.1) is 0 Å². The van der Waals surface area contributed by atoms with Crippen LogP contribution >= 0.6 is 27.5 Å². The molecule has 1 aromatic rings. The van der Waals surface area contributed by atoms with Crippen molar-refractivity contribution in [3.05, 3.63) is 33.3 Å². The summed E-state index contributed by atoms with van der Waals surface area (Å²) in [5.41, 5.74) is 6.46. The smallest absolute Gasteiger partial charge is 0.255 e. The minimum absolute atomic E-state index is 0.0132. The maximum absolute atomic E-state index is 12.5. The number of halogens is 2. The number of carbonyl (C=O) groups is 1. The molecule has 98 valence electrons. The predicted molar refractivity (Wildman–Crippen MR) is 76.9 cm³/mol. The second-order valence-electron chi connectivity index (χ2n) is 4.73. The van der Waals surface area contributed by atoms with Gasteiger partial charge >= 0.3 is 0 Å². The Labute approximate surface area is 120 Å². The van der Waals surface area contributed by atoms with Crippen LogP contribution in [0.5, 0.6) is 0 Å². The van der Waals surface area contributed by atoms with Gasteiger partial charge in [-0.05, 0) is 47.8 Å². The van der Waals surface area contributed by atoms with Gasteiger partial charge in [0, 0.05) is 23.1 Å². The molecule has 5 heteroatoms. The molecule has 3 nitrogen and oxygen atoms in total. The van der Waals surface area contributed by atoms with Gasteiger partial charge < -0.3 is 10.6 Å². The Balaban J connectivity index is 2.23.